The Morgan fingerprint density at radius 2 is 1.88 bits per heavy atom. The van der Waals surface area contributed by atoms with E-state index in [0.717, 1.165) is 5.56 Å². The van der Waals surface area contributed by atoms with Crippen molar-refractivity contribution >= 4 is 39.1 Å². The van der Waals surface area contributed by atoms with Crippen LogP contribution < -0.4 is 15.4 Å². The smallest absolute Gasteiger partial charge is 0.291 e. The first-order valence-corrected chi connectivity index (χ1v) is 8.59. The van der Waals surface area contributed by atoms with Gasteiger partial charge < -0.3 is 19.8 Å². The van der Waals surface area contributed by atoms with Crippen molar-refractivity contribution in [1.29, 1.82) is 0 Å². The summed E-state index contributed by atoms with van der Waals surface area (Å²) in [5, 5.41) is 5.54. The molecule has 6 nitrogen and oxygen atoms in total. The van der Waals surface area contributed by atoms with Crippen LogP contribution in [-0.4, -0.2) is 11.8 Å². The second kappa shape index (κ2) is 6.34. The molecule has 7 heteroatoms. The van der Waals surface area contributed by atoms with Crippen molar-refractivity contribution < 1.29 is 18.7 Å². The number of carbonyl (C=O) groups is 2. The van der Waals surface area contributed by atoms with Crippen LogP contribution in [-0.2, 0) is 0 Å². The molecule has 2 N–H and O–H groups in total. The average Bonchev–Trinajstić information content (AvgIpc) is 2.99. The highest BCUT2D eigenvalue weighted by Gasteiger charge is 2.22. The van der Waals surface area contributed by atoms with Gasteiger partial charge >= 0.3 is 0 Å². The van der Waals surface area contributed by atoms with E-state index in [0.29, 0.717) is 33.1 Å². The Morgan fingerprint density at radius 3 is 2.65 bits per heavy atom. The number of rotatable bonds is 2. The quantitative estimate of drug-likeness (QED) is 0.622. The molecule has 1 aliphatic heterocycles. The molecule has 130 valence electrons. The van der Waals surface area contributed by atoms with Gasteiger partial charge in [-0.2, -0.15) is 0 Å². The van der Waals surface area contributed by atoms with Crippen LogP contribution in [0.25, 0.3) is 0 Å². The van der Waals surface area contributed by atoms with Crippen LogP contribution in [0.5, 0.6) is 11.5 Å². The summed E-state index contributed by atoms with van der Waals surface area (Å²) in [5.41, 5.74) is 2.41. The maximum absolute atomic E-state index is 12.6. The van der Waals surface area contributed by atoms with Crippen molar-refractivity contribution in [1.82, 2.24) is 0 Å². The Balaban J connectivity index is 1.63. The van der Waals surface area contributed by atoms with E-state index in [1.54, 1.807) is 30.3 Å². The van der Waals surface area contributed by atoms with Crippen LogP contribution in [0.2, 0.25) is 0 Å². The Morgan fingerprint density at radius 1 is 1.08 bits per heavy atom. The van der Waals surface area contributed by atoms with Crippen molar-refractivity contribution in [3.8, 4) is 11.5 Å². The second-order valence-electron chi connectivity index (χ2n) is 5.82. The number of hydrogen-bond acceptors (Lipinski definition) is 4. The van der Waals surface area contributed by atoms with Gasteiger partial charge in [-0.15, -0.1) is 0 Å². The Kier molecular flexibility index (Phi) is 4.00. The maximum atomic E-state index is 12.6. The SMILES string of the molecule is Cc1ccc2c(c1)NC(=O)c1cc(NC(=O)c3ccc(Br)o3)ccc1O2. The third-order valence-electron chi connectivity index (χ3n) is 3.88. The van der Waals surface area contributed by atoms with Gasteiger partial charge in [0.15, 0.2) is 16.2 Å². The minimum Gasteiger partial charge on any atom is -0.454 e. The minimum absolute atomic E-state index is 0.162. The molecule has 0 radical (unpaired) electrons. The molecule has 2 aromatic carbocycles. The van der Waals surface area contributed by atoms with Crippen molar-refractivity contribution in [2.45, 2.75) is 6.92 Å². The van der Waals surface area contributed by atoms with Crippen LogP contribution >= 0.6 is 15.9 Å². The number of hydrogen-bond donors (Lipinski definition) is 2. The molecule has 0 saturated carbocycles. The topological polar surface area (TPSA) is 80.6 Å². The second-order valence-corrected chi connectivity index (χ2v) is 6.61. The van der Waals surface area contributed by atoms with Gasteiger partial charge in [0.25, 0.3) is 11.8 Å². The molecular formula is C19H13BrN2O4. The molecule has 1 aromatic heterocycles. The van der Waals surface area contributed by atoms with Gasteiger partial charge in [0.2, 0.25) is 0 Å². The summed E-state index contributed by atoms with van der Waals surface area (Å²) in [6.45, 7) is 1.94. The van der Waals surface area contributed by atoms with Crippen molar-refractivity contribution in [2.24, 2.45) is 0 Å². The summed E-state index contributed by atoms with van der Waals surface area (Å²) >= 11 is 3.15. The molecule has 0 fully saturated rings. The van der Waals surface area contributed by atoms with E-state index in [2.05, 4.69) is 26.6 Å². The zero-order valence-corrected chi connectivity index (χ0v) is 15.2. The standard InChI is InChI=1S/C19H13BrN2O4/c1-10-2-4-15-13(8-10)22-18(23)12-9-11(3-5-14(12)25-15)21-19(24)16-6-7-17(20)26-16/h2-9H,1H3,(H,21,24)(H,22,23). The van der Waals surface area contributed by atoms with Gasteiger partial charge in [-0.1, -0.05) is 6.07 Å². The largest absolute Gasteiger partial charge is 0.454 e. The van der Waals surface area contributed by atoms with Crippen LogP contribution in [0.1, 0.15) is 26.5 Å². The van der Waals surface area contributed by atoms with Crippen molar-refractivity contribution in [3.05, 3.63) is 70.1 Å². The van der Waals surface area contributed by atoms with E-state index in [1.807, 2.05) is 25.1 Å². The Hall–Kier alpha value is -3.06. The lowest BCUT2D eigenvalue weighted by Gasteiger charge is -2.09. The first-order chi connectivity index (χ1) is 12.5. The van der Waals surface area contributed by atoms with Crippen LogP contribution in [0.3, 0.4) is 0 Å². The third kappa shape index (κ3) is 3.09. The first-order valence-electron chi connectivity index (χ1n) is 7.80. The zero-order valence-electron chi connectivity index (χ0n) is 13.6. The fourth-order valence-electron chi connectivity index (χ4n) is 2.64. The zero-order chi connectivity index (χ0) is 18.3. The minimum atomic E-state index is -0.412. The summed E-state index contributed by atoms with van der Waals surface area (Å²) < 4.78 is 11.5. The highest BCUT2D eigenvalue weighted by atomic mass is 79.9. The Labute approximate surface area is 157 Å². The fourth-order valence-corrected chi connectivity index (χ4v) is 2.95. The van der Waals surface area contributed by atoms with E-state index >= 15 is 0 Å². The molecule has 0 atom stereocenters. The van der Waals surface area contributed by atoms with Gasteiger partial charge in [0.1, 0.15) is 5.75 Å². The molecule has 0 bridgehead atoms. The van der Waals surface area contributed by atoms with Crippen LogP contribution in [0.4, 0.5) is 11.4 Å². The number of ether oxygens (including phenoxy) is 1. The number of amides is 2. The lowest BCUT2D eigenvalue weighted by Crippen LogP contribution is -2.13. The predicted octanol–water partition coefficient (Wildman–Crippen LogP) is 4.96. The maximum Gasteiger partial charge on any atom is 0.291 e. The lowest BCUT2D eigenvalue weighted by molar-refractivity contribution is 0.0992. The van der Waals surface area contributed by atoms with Crippen molar-refractivity contribution in [3.63, 3.8) is 0 Å². The number of benzene rings is 2. The van der Waals surface area contributed by atoms with Gasteiger partial charge in [-0.05, 0) is 70.9 Å². The Bertz CT molecular complexity index is 1040. The molecule has 0 saturated heterocycles. The van der Waals surface area contributed by atoms with E-state index in [1.165, 1.54) is 0 Å². The summed E-state index contributed by atoms with van der Waals surface area (Å²) in [7, 11) is 0. The number of nitrogens with one attached hydrogen (secondary N) is 2. The number of halogens is 1. The number of carbonyl (C=O) groups excluding carboxylic acids is 2. The average molecular weight is 413 g/mol. The van der Waals surface area contributed by atoms with E-state index in [4.69, 9.17) is 9.15 Å². The highest BCUT2D eigenvalue weighted by molar-refractivity contribution is 9.10. The van der Waals surface area contributed by atoms with E-state index in [9.17, 15) is 9.59 Å². The molecule has 1 aliphatic rings. The number of furan rings is 1. The lowest BCUT2D eigenvalue weighted by atomic mass is 10.1. The predicted molar refractivity (Wildman–Crippen MR) is 100 cm³/mol. The third-order valence-corrected chi connectivity index (χ3v) is 4.31. The summed E-state index contributed by atoms with van der Waals surface area (Å²) in [6, 6.07) is 13.6. The normalized spacial score (nSPS) is 12.3. The summed E-state index contributed by atoms with van der Waals surface area (Å²) in [5.74, 6) is 0.435. The first kappa shape index (κ1) is 16.4. The van der Waals surface area contributed by atoms with Gasteiger partial charge in [-0.3, -0.25) is 9.59 Å². The van der Waals surface area contributed by atoms with E-state index in [-0.39, 0.29) is 11.7 Å². The summed E-state index contributed by atoms with van der Waals surface area (Å²) in [4.78, 5) is 24.8. The van der Waals surface area contributed by atoms with E-state index < -0.39 is 5.91 Å². The number of aryl methyl sites for hydroxylation is 1. The molecule has 2 heterocycles. The number of anilines is 2. The van der Waals surface area contributed by atoms with Crippen LogP contribution in [0.15, 0.2) is 57.6 Å². The monoisotopic (exact) mass is 412 g/mol. The van der Waals surface area contributed by atoms with Gasteiger partial charge in [-0.25, -0.2) is 0 Å². The van der Waals surface area contributed by atoms with Crippen molar-refractivity contribution in [2.75, 3.05) is 10.6 Å². The molecule has 3 aromatic rings. The molecule has 4 rings (SSSR count). The summed E-state index contributed by atoms with van der Waals surface area (Å²) in [6.07, 6.45) is 0. The molecule has 0 aliphatic carbocycles. The van der Waals surface area contributed by atoms with Gasteiger partial charge in [0, 0.05) is 5.69 Å². The molecule has 0 spiro atoms. The molecular weight excluding hydrogens is 400 g/mol. The molecule has 0 unspecified atom stereocenters. The van der Waals surface area contributed by atoms with Crippen LogP contribution in [0, 0.1) is 6.92 Å². The molecule has 2 amide bonds. The fraction of sp³-hybridized carbons (Fsp3) is 0.0526. The molecule has 26 heavy (non-hydrogen) atoms. The van der Waals surface area contributed by atoms with Gasteiger partial charge in [0.05, 0.1) is 11.3 Å². The number of fused-ring (bicyclic) bond motifs is 2. The highest BCUT2D eigenvalue weighted by Crippen LogP contribution is 2.37.